The Hall–Kier alpha value is -2.53. The highest BCUT2D eigenvalue weighted by atomic mass is 35.5. The molecule has 6 heteroatoms. The molecule has 25 heavy (non-hydrogen) atoms. The van der Waals surface area contributed by atoms with Crippen LogP contribution in [0.3, 0.4) is 0 Å². The van der Waals surface area contributed by atoms with Gasteiger partial charge in [-0.1, -0.05) is 36.4 Å². The van der Waals surface area contributed by atoms with Gasteiger partial charge in [0.15, 0.2) is 11.6 Å². The summed E-state index contributed by atoms with van der Waals surface area (Å²) in [6.07, 6.45) is 4.41. The van der Waals surface area contributed by atoms with Gasteiger partial charge in [0.2, 0.25) is 5.95 Å². The highest BCUT2D eigenvalue weighted by Gasteiger charge is 2.46. The predicted molar refractivity (Wildman–Crippen MR) is 98.5 cm³/mol. The van der Waals surface area contributed by atoms with Crippen LogP contribution in [-0.2, 0) is 11.3 Å². The Labute approximate surface area is 151 Å². The number of rotatable bonds is 6. The SMILES string of the molecule is ClC1(c2nc(NCCc3ccccn3)nc(-c3ccccc3)n2)CC1. The number of hydrogen-bond donors (Lipinski definition) is 1. The van der Waals surface area contributed by atoms with Crippen LogP contribution in [0.4, 0.5) is 5.95 Å². The summed E-state index contributed by atoms with van der Waals surface area (Å²) in [5.74, 6) is 1.87. The van der Waals surface area contributed by atoms with Crippen LogP contribution in [0, 0.1) is 0 Å². The first-order valence-electron chi connectivity index (χ1n) is 8.38. The van der Waals surface area contributed by atoms with Crippen molar-refractivity contribution < 1.29 is 0 Å². The molecule has 2 aromatic heterocycles. The van der Waals surface area contributed by atoms with E-state index in [0.717, 1.165) is 30.5 Å². The van der Waals surface area contributed by atoms with Crippen LogP contribution in [0.25, 0.3) is 11.4 Å². The second kappa shape index (κ2) is 6.76. The lowest BCUT2D eigenvalue weighted by Gasteiger charge is -2.11. The summed E-state index contributed by atoms with van der Waals surface area (Å²) in [6, 6.07) is 15.8. The fourth-order valence-corrected chi connectivity index (χ4v) is 2.73. The Morgan fingerprint density at radius 1 is 0.960 bits per heavy atom. The number of hydrogen-bond acceptors (Lipinski definition) is 5. The fraction of sp³-hybridized carbons (Fsp3) is 0.263. The highest BCUT2D eigenvalue weighted by Crippen LogP contribution is 2.50. The first-order chi connectivity index (χ1) is 12.2. The molecule has 4 rings (SSSR count). The van der Waals surface area contributed by atoms with Crippen molar-refractivity contribution in [3.8, 4) is 11.4 Å². The normalized spacial score (nSPS) is 14.9. The zero-order chi connectivity index (χ0) is 17.1. The van der Waals surface area contributed by atoms with Gasteiger partial charge in [0.25, 0.3) is 0 Å². The minimum atomic E-state index is -0.427. The first-order valence-corrected chi connectivity index (χ1v) is 8.75. The molecule has 1 saturated carbocycles. The van der Waals surface area contributed by atoms with Crippen molar-refractivity contribution in [1.82, 2.24) is 19.9 Å². The number of benzene rings is 1. The fourth-order valence-electron chi connectivity index (χ4n) is 2.55. The number of aromatic nitrogens is 4. The lowest BCUT2D eigenvalue weighted by Crippen LogP contribution is -2.14. The monoisotopic (exact) mass is 351 g/mol. The summed E-state index contributed by atoms with van der Waals surface area (Å²) in [7, 11) is 0. The van der Waals surface area contributed by atoms with Crippen LogP contribution in [-0.4, -0.2) is 26.5 Å². The number of halogens is 1. The molecule has 1 aromatic carbocycles. The predicted octanol–water partition coefficient (Wildman–Crippen LogP) is 3.82. The third-order valence-corrected chi connectivity index (χ3v) is 4.69. The molecule has 0 spiro atoms. The Bertz CT molecular complexity index is 850. The Kier molecular flexibility index (Phi) is 4.32. The van der Waals surface area contributed by atoms with E-state index < -0.39 is 4.87 Å². The number of anilines is 1. The maximum Gasteiger partial charge on any atom is 0.226 e. The minimum Gasteiger partial charge on any atom is -0.354 e. The second-order valence-electron chi connectivity index (χ2n) is 6.14. The molecule has 0 aliphatic heterocycles. The average molecular weight is 352 g/mol. The van der Waals surface area contributed by atoms with Crippen molar-refractivity contribution in [3.05, 3.63) is 66.2 Å². The molecule has 2 heterocycles. The van der Waals surface area contributed by atoms with E-state index in [1.165, 1.54) is 0 Å². The molecule has 1 fully saturated rings. The van der Waals surface area contributed by atoms with E-state index in [-0.39, 0.29) is 0 Å². The quantitative estimate of drug-likeness (QED) is 0.684. The van der Waals surface area contributed by atoms with Crippen molar-refractivity contribution in [2.75, 3.05) is 11.9 Å². The molecule has 0 atom stereocenters. The van der Waals surface area contributed by atoms with E-state index >= 15 is 0 Å². The zero-order valence-corrected chi connectivity index (χ0v) is 14.4. The van der Waals surface area contributed by atoms with E-state index in [2.05, 4.69) is 25.3 Å². The summed E-state index contributed by atoms with van der Waals surface area (Å²) in [5.41, 5.74) is 1.99. The van der Waals surface area contributed by atoms with Crippen LogP contribution in [0.1, 0.15) is 24.4 Å². The molecule has 0 radical (unpaired) electrons. The minimum absolute atomic E-state index is 0.427. The zero-order valence-electron chi connectivity index (χ0n) is 13.7. The lowest BCUT2D eigenvalue weighted by atomic mass is 10.2. The summed E-state index contributed by atoms with van der Waals surface area (Å²) < 4.78 is 0. The average Bonchev–Trinajstić information content (AvgIpc) is 3.42. The molecular formula is C19H18ClN5. The van der Waals surface area contributed by atoms with Gasteiger partial charge >= 0.3 is 0 Å². The standard InChI is InChI=1S/C19H18ClN5/c20-19(10-11-19)17-23-16(14-6-2-1-3-7-14)24-18(25-17)22-13-9-15-8-4-5-12-21-15/h1-8,12H,9-11,13H2,(H,22,23,24,25). The van der Waals surface area contributed by atoms with Gasteiger partial charge in [-0.05, 0) is 25.0 Å². The highest BCUT2D eigenvalue weighted by molar-refractivity contribution is 6.25. The number of pyridine rings is 1. The molecule has 3 aromatic rings. The maximum atomic E-state index is 6.54. The number of nitrogens with zero attached hydrogens (tertiary/aromatic N) is 4. The summed E-state index contributed by atoms with van der Waals surface area (Å²) >= 11 is 6.54. The molecule has 0 saturated heterocycles. The summed E-state index contributed by atoms with van der Waals surface area (Å²) in [4.78, 5) is 17.6. The van der Waals surface area contributed by atoms with Gasteiger partial charge in [0, 0.05) is 30.4 Å². The number of nitrogens with one attached hydrogen (secondary N) is 1. The van der Waals surface area contributed by atoms with Crippen molar-refractivity contribution in [3.63, 3.8) is 0 Å². The molecule has 1 aliphatic rings. The van der Waals surface area contributed by atoms with Crippen LogP contribution in [0.2, 0.25) is 0 Å². The van der Waals surface area contributed by atoms with Gasteiger partial charge in [0.05, 0.1) is 0 Å². The molecule has 1 aliphatic carbocycles. The van der Waals surface area contributed by atoms with Crippen LogP contribution in [0.15, 0.2) is 54.7 Å². The van der Waals surface area contributed by atoms with E-state index in [9.17, 15) is 0 Å². The van der Waals surface area contributed by atoms with Crippen molar-refractivity contribution in [1.29, 1.82) is 0 Å². The molecule has 0 unspecified atom stereocenters. The van der Waals surface area contributed by atoms with Gasteiger partial charge in [0.1, 0.15) is 4.87 Å². The van der Waals surface area contributed by atoms with Crippen molar-refractivity contribution in [2.24, 2.45) is 0 Å². The molecule has 5 nitrogen and oxygen atoms in total. The molecule has 0 bridgehead atoms. The third kappa shape index (κ3) is 3.77. The van der Waals surface area contributed by atoms with Crippen LogP contribution in [0.5, 0.6) is 0 Å². The Morgan fingerprint density at radius 3 is 2.48 bits per heavy atom. The molecule has 1 N–H and O–H groups in total. The molecular weight excluding hydrogens is 334 g/mol. The Morgan fingerprint density at radius 2 is 1.76 bits per heavy atom. The molecule has 126 valence electrons. The van der Waals surface area contributed by atoms with Gasteiger partial charge < -0.3 is 5.32 Å². The summed E-state index contributed by atoms with van der Waals surface area (Å²) in [6.45, 7) is 0.698. The van der Waals surface area contributed by atoms with Gasteiger partial charge in [-0.15, -0.1) is 11.6 Å². The van der Waals surface area contributed by atoms with Gasteiger partial charge in [-0.3, -0.25) is 4.98 Å². The smallest absolute Gasteiger partial charge is 0.226 e. The van der Waals surface area contributed by atoms with Crippen LogP contribution < -0.4 is 5.32 Å². The largest absolute Gasteiger partial charge is 0.354 e. The van der Waals surface area contributed by atoms with E-state index in [1.807, 2.05) is 48.5 Å². The van der Waals surface area contributed by atoms with Crippen molar-refractivity contribution in [2.45, 2.75) is 24.1 Å². The second-order valence-corrected chi connectivity index (χ2v) is 6.86. The third-order valence-electron chi connectivity index (χ3n) is 4.15. The Balaban J connectivity index is 1.56. The number of alkyl halides is 1. The maximum absolute atomic E-state index is 6.54. The van der Waals surface area contributed by atoms with Gasteiger partial charge in [-0.25, -0.2) is 4.98 Å². The lowest BCUT2D eigenvalue weighted by molar-refractivity contribution is 0.833. The van der Waals surface area contributed by atoms with Crippen LogP contribution >= 0.6 is 11.6 Å². The van der Waals surface area contributed by atoms with Gasteiger partial charge in [-0.2, -0.15) is 9.97 Å². The van der Waals surface area contributed by atoms with E-state index in [1.54, 1.807) is 6.20 Å². The summed E-state index contributed by atoms with van der Waals surface area (Å²) in [5, 5.41) is 3.28. The topological polar surface area (TPSA) is 63.6 Å². The molecule has 0 amide bonds. The first kappa shape index (κ1) is 16.0. The van der Waals surface area contributed by atoms with E-state index in [0.29, 0.717) is 24.1 Å². The van der Waals surface area contributed by atoms with Crippen molar-refractivity contribution >= 4 is 17.5 Å². The van der Waals surface area contributed by atoms with E-state index in [4.69, 9.17) is 11.6 Å².